The number of hydrogen-bond donors (Lipinski definition) is 2. The van der Waals surface area contributed by atoms with Gasteiger partial charge in [-0.15, -0.1) is 0 Å². The van der Waals surface area contributed by atoms with E-state index in [2.05, 4.69) is 10.2 Å². The number of piperazine rings is 1. The predicted molar refractivity (Wildman–Crippen MR) is 67.7 cm³/mol. The lowest BCUT2D eigenvalue weighted by molar-refractivity contribution is -0.0626. The maximum Gasteiger partial charge on any atom is 0.159 e. The van der Waals surface area contributed by atoms with Gasteiger partial charge in [-0.25, -0.2) is 8.78 Å². The van der Waals surface area contributed by atoms with Gasteiger partial charge in [0.25, 0.3) is 0 Å². The molecule has 0 saturated carbocycles. The first-order valence-electron chi connectivity index (χ1n) is 6.71. The zero-order valence-corrected chi connectivity index (χ0v) is 10.7. The average molecular weight is 268 g/mol. The van der Waals surface area contributed by atoms with Crippen molar-refractivity contribution in [2.75, 3.05) is 26.2 Å². The summed E-state index contributed by atoms with van der Waals surface area (Å²) in [5.74, 6) is -1.77. The number of aliphatic hydroxyl groups is 1. The van der Waals surface area contributed by atoms with Gasteiger partial charge < -0.3 is 10.4 Å². The Balaban J connectivity index is 1.84. The minimum Gasteiger partial charge on any atom is -0.384 e. The number of benzene rings is 1. The molecule has 1 aromatic rings. The zero-order chi connectivity index (χ0) is 13.5. The molecule has 0 amide bonds. The van der Waals surface area contributed by atoms with Crippen LogP contribution in [0.3, 0.4) is 0 Å². The van der Waals surface area contributed by atoms with E-state index >= 15 is 0 Å². The highest BCUT2D eigenvalue weighted by atomic mass is 19.2. The Hall–Kier alpha value is -1.04. The van der Waals surface area contributed by atoms with Crippen LogP contribution in [0.25, 0.3) is 0 Å². The van der Waals surface area contributed by atoms with Gasteiger partial charge in [0.05, 0.1) is 0 Å². The van der Waals surface area contributed by atoms with E-state index in [1.165, 1.54) is 6.07 Å². The Morgan fingerprint density at radius 2 is 2.16 bits per heavy atom. The van der Waals surface area contributed by atoms with Crippen LogP contribution in [0, 0.1) is 11.6 Å². The van der Waals surface area contributed by atoms with Crippen LogP contribution in [-0.2, 0) is 5.60 Å². The second-order valence-electron chi connectivity index (χ2n) is 5.53. The molecule has 0 bridgehead atoms. The molecule has 0 radical (unpaired) electrons. The Morgan fingerprint density at radius 3 is 2.95 bits per heavy atom. The van der Waals surface area contributed by atoms with Crippen LogP contribution in [0.2, 0.25) is 0 Å². The van der Waals surface area contributed by atoms with E-state index in [0.29, 0.717) is 24.6 Å². The number of nitrogens with zero attached hydrogens (tertiary/aromatic N) is 1. The van der Waals surface area contributed by atoms with Crippen LogP contribution < -0.4 is 5.32 Å². The summed E-state index contributed by atoms with van der Waals surface area (Å²) in [6.07, 6.45) is 1.45. The van der Waals surface area contributed by atoms with Gasteiger partial charge in [-0.1, -0.05) is 6.07 Å². The van der Waals surface area contributed by atoms with Crippen molar-refractivity contribution in [3.8, 4) is 0 Å². The molecule has 3 rings (SSSR count). The van der Waals surface area contributed by atoms with Crippen molar-refractivity contribution in [2.24, 2.45) is 0 Å². The minimum absolute atomic E-state index is 0.444. The van der Waals surface area contributed by atoms with Crippen LogP contribution >= 0.6 is 0 Å². The molecule has 5 heteroatoms. The molecule has 0 aromatic heterocycles. The summed E-state index contributed by atoms with van der Waals surface area (Å²) in [6.45, 7) is 3.22. The molecule has 2 aliphatic rings. The molecular formula is C14H18F2N2O. The lowest BCUT2D eigenvalue weighted by Gasteiger charge is -2.46. The molecule has 104 valence electrons. The summed E-state index contributed by atoms with van der Waals surface area (Å²) in [5.41, 5.74) is -0.592. The molecule has 0 unspecified atom stereocenters. The molecule has 0 spiro atoms. The van der Waals surface area contributed by atoms with E-state index in [0.717, 1.165) is 38.2 Å². The fourth-order valence-electron chi connectivity index (χ4n) is 3.14. The molecule has 2 heterocycles. The van der Waals surface area contributed by atoms with Crippen LogP contribution in [0.1, 0.15) is 18.4 Å². The summed E-state index contributed by atoms with van der Waals surface area (Å²) >= 11 is 0. The number of hydrogen-bond acceptors (Lipinski definition) is 3. The van der Waals surface area contributed by atoms with E-state index in [-0.39, 0.29) is 0 Å². The maximum absolute atomic E-state index is 13.3. The van der Waals surface area contributed by atoms with E-state index in [9.17, 15) is 13.9 Å². The van der Waals surface area contributed by atoms with Crippen molar-refractivity contribution >= 4 is 0 Å². The molecule has 2 aliphatic heterocycles. The number of fused-ring (bicyclic) bond motifs is 1. The summed E-state index contributed by atoms with van der Waals surface area (Å²) in [6, 6.07) is 4.14. The van der Waals surface area contributed by atoms with Gasteiger partial charge in [0.2, 0.25) is 0 Å². The van der Waals surface area contributed by atoms with Crippen molar-refractivity contribution < 1.29 is 13.9 Å². The lowest BCUT2D eigenvalue weighted by Crippen LogP contribution is -2.59. The highest BCUT2D eigenvalue weighted by molar-refractivity contribution is 5.25. The number of piperidine rings is 1. The van der Waals surface area contributed by atoms with Crippen LogP contribution in [0.5, 0.6) is 0 Å². The molecular weight excluding hydrogens is 250 g/mol. The third kappa shape index (κ3) is 2.38. The van der Waals surface area contributed by atoms with E-state index in [1.807, 2.05) is 0 Å². The molecule has 3 nitrogen and oxygen atoms in total. The Morgan fingerprint density at radius 1 is 1.32 bits per heavy atom. The normalized spacial score (nSPS) is 32.1. The fourth-order valence-corrected chi connectivity index (χ4v) is 3.14. The van der Waals surface area contributed by atoms with E-state index in [4.69, 9.17) is 0 Å². The van der Waals surface area contributed by atoms with Crippen LogP contribution in [-0.4, -0.2) is 42.2 Å². The Bertz CT molecular complexity index is 483. The average Bonchev–Trinajstić information content (AvgIpc) is 2.41. The van der Waals surface area contributed by atoms with Crippen molar-refractivity contribution in [3.63, 3.8) is 0 Å². The van der Waals surface area contributed by atoms with Gasteiger partial charge >= 0.3 is 0 Å². The predicted octanol–water partition coefficient (Wildman–Crippen LogP) is 1.22. The first-order chi connectivity index (χ1) is 9.08. The summed E-state index contributed by atoms with van der Waals surface area (Å²) in [4.78, 5) is 2.24. The zero-order valence-electron chi connectivity index (χ0n) is 10.7. The van der Waals surface area contributed by atoms with Gasteiger partial charge in [-0.05, 0) is 30.5 Å². The Kier molecular flexibility index (Phi) is 3.28. The van der Waals surface area contributed by atoms with Gasteiger partial charge in [-0.2, -0.15) is 0 Å². The van der Waals surface area contributed by atoms with Crippen LogP contribution in [0.15, 0.2) is 18.2 Å². The first-order valence-corrected chi connectivity index (χ1v) is 6.71. The summed E-state index contributed by atoms with van der Waals surface area (Å²) in [5, 5.41) is 14.1. The highest BCUT2D eigenvalue weighted by Gasteiger charge is 2.40. The van der Waals surface area contributed by atoms with Crippen molar-refractivity contribution in [2.45, 2.75) is 24.5 Å². The van der Waals surface area contributed by atoms with E-state index < -0.39 is 17.2 Å². The molecule has 2 N–H and O–H groups in total. The third-order valence-corrected chi connectivity index (χ3v) is 4.28. The lowest BCUT2D eigenvalue weighted by atomic mass is 9.82. The van der Waals surface area contributed by atoms with E-state index in [1.54, 1.807) is 0 Å². The minimum atomic E-state index is -1.07. The second-order valence-corrected chi connectivity index (χ2v) is 5.53. The fraction of sp³-hybridized carbons (Fsp3) is 0.571. The second kappa shape index (κ2) is 4.81. The van der Waals surface area contributed by atoms with Crippen LogP contribution in [0.4, 0.5) is 8.78 Å². The standard InChI is InChI=1S/C14H18F2N2O/c15-12-2-1-10(7-13(12)16)14(19)4-3-11-8-17-5-6-18(11)9-14/h1-2,7,11,17,19H,3-6,8-9H2/t11-,14-/m1/s1. The molecule has 19 heavy (non-hydrogen) atoms. The number of nitrogens with one attached hydrogen (secondary N) is 1. The quantitative estimate of drug-likeness (QED) is 0.804. The highest BCUT2D eigenvalue weighted by Crippen LogP contribution is 2.35. The summed E-state index contributed by atoms with van der Waals surface area (Å²) in [7, 11) is 0. The molecule has 0 aliphatic carbocycles. The number of halogens is 2. The molecule has 2 saturated heterocycles. The SMILES string of the molecule is O[C@]1(c2ccc(F)c(F)c2)CC[C@@H]2CNCCN2C1. The monoisotopic (exact) mass is 268 g/mol. The van der Waals surface area contributed by atoms with Gasteiger partial charge in [0.15, 0.2) is 11.6 Å². The van der Waals surface area contributed by atoms with Gasteiger partial charge in [0, 0.05) is 32.2 Å². The van der Waals surface area contributed by atoms with Crippen molar-refractivity contribution in [1.29, 1.82) is 0 Å². The van der Waals surface area contributed by atoms with Gasteiger partial charge in [0.1, 0.15) is 5.60 Å². The largest absolute Gasteiger partial charge is 0.384 e. The first kappa shape index (κ1) is 13.0. The molecule has 2 fully saturated rings. The topological polar surface area (TPSA) is 35.5 Å². The van der Waals surface area contributed by atoms with Gasteiger partial charge in [-0.3, -0.25) is 4.90 Å². The number of rotatable bonds is 1. The third-order valence-electron chi connectivity index (χ3n) is 4.28. The maximum atomic E-state index is 13.3. The molecule has 1 aromatic carbocycles. The Labute approximate surface area is 111 Å². The van der Waals surface area contributed by atoms with Crippen molar-refractivity contribution in [1.82, 2.24) is 10.2 Å². The summed E-state index contributed by atoms with van der Waals surface area (Å²) < 4.78 is 26.3. The molecule has 2 atom stereocenters. The van der Waals surface area contributed by atoms with Crippen molar-refractivity contribution in [3.05, 3.63) is 35.4 Å². The smallest absolute Gasteiger partial charge is 0.159 e.